The third-order valence-electron chi connectivity index (χ3n) is 5.45. The Hall–Kier alpha value is -2.36. The number of phenols is 1. The van der Waals surface area contributed by atoms with E-state index in [1.807, 2.05) is 13.1 Å². The number of aromatic hydroxyl groups is 1. The highest BCUT2D eigenvalue weighted by Crippen LogP contribution is 2.48. The van der Waals surface area contributed by atoms with Crippen LogP contribution in [0.4, 0.5) is 0 Å². The Kier molecular flexibility index (Phi) is 3.56. The van der Waals surface area contributed by atoms with Crippen molar-refractivity contribution in [3.8, 4) is 5.75 Å². The van der Waals surface area contributed by atoms with Gasteiger partial charge in [0.2, 0.25) is 0 Å². The number of rotatable bonds is 1. The molecular weight excluding hydrogens is 302 g/mol. The van der Waals surface area contributed by atoms with E-state index in [0.29, 0.717) is 12.8 Å². The van der Waals surface area contributed by atoms with E-state index in [4.69, 9.17) is 0 Å². The molecule has 4 heteroatoms. The van der Waals surface area contributed by atoms with Crippen LogP contribution in [0.5, 0.6) is 5.75 Å². The van der Waals surface area contributed by atoms with Gasteiger partial charge in [-0.2, -0.15) is 0 Å². The predicted octanol–water partition coefficient (Wildman–Crippen LogP) is 3.44. The number of Topliss-reactive ketones (excluding diaryl/α,β-unsaturated/α-hetero) is 2. The monoisotopic (exact) mass is 323 g/mol. The lowest BCUT2D eigenvalue weighted by Gasteiger charge is -2.42. The second kappa shape index (κ2) is 5.62. The normalized spacial score (nSPS) is 22.0. The van der Waals surface area contributed by atoms with Crippen LogP contribution >= 0.6 is 0 Å². The van der Waals surface area contributed by atoms with Crippen molar-refractivity contribution in [1.82, 2.24) is 4.90 Å². The fourth-order valence-electron chi connectivity index (χ4n) is 4.39. The first kappa shape index (κ1) is 15.2. The maximum absolute atomic E-state index is 12.7. The molecular formula is C20H21NO3. The molecule has 0 saturated carbocycles. The number of carbonyl (C=O) groups is 2. The van der Waals surface area contributed by atoms with E-state index in [0.717, 1.165) is 53.8 Å². The molecule has 0 amide bonds. The fourth-order valence-corrected chi connectivity index (χ4v) is 4.39. The molecule has 0 saturated heterocycles. The highest BCUT2D eigenvalue weighted by Gasteiger charge is 2.42. The Morgan fingerprint density at radius 3 is 2.08 bits per heavy atom. The minimum absolute atomic E-state index is 0.140. The van der Waals surface area contributed by atoms with Crippen LogP contribution in [0.1, 0.15) is 50.0 Å². The van der Waals surface area contributed by atoms with Crippen LogP contribution < -0.4 is 0 Å². The first-order chi connectivity index (χ1) is 11.6. The summed E-state index contributed by atoms with van der Waals surface area (Å²) in [6, 6.07) is 7.00. The number of benzene rings is 1. The number of ketones is 2. The van der Waals surface area contributed by atoms with Crippen LogP contribution in [-0.4, -0.2) is 28.6 Å². The van der Waals surface area contributed by atoms with Crippen LogP contribution in [0, 0.1) is 0 Å². The molecule has 0 unspecified atom stereocenters. The summed E-state index contributed by atoms with van der Waals surface area (Å²) < 4.78 is 0. The lowest BCUT2D eigenvalue weighted by molar-refractivity contribution is -0.117. The molecule has 0 fully saturated rings. The van der Waals surface area contributed by atoms with Crippen molar-refractivity contribution in [3.63, 3.8) is 0 Å². The predicted molar refractivity (Wildman–Crippen MR) is 90.4 cm³/mol. The van der Waals surface area contributed by atoms with Gasteiger partial charge in [-0.05, 0) is 43.4 Å². The fraction of sp³-hybridized carbons (Fsp3) is 0.400. The summed E-state index contributed by atoms with van der Waals surface area (Å²) in [5.74, 6) is 0.129. The minimum atomic E-state index is -0.320. The zero-order valence-electron chi connectivity index (χ0n) is 13.8. The molecule has 124 valence electrons. The van der Waals surface area contributed by atoms with Gasteiger partial charge >= 0.3 is 0 Å². The van der Waals surface area contributed by atoms with E-state index in [9.17, 15) is 14.7 Å². The summed E-state index contributed by atoms with van der Waals surface area (Å²) in [7, 11) is 1.99. The van der Waals surface area contributed by atoms with Crippen LogP contribution in [-0.2, 0) is 9.59 Å². The Bertz CT molecular complexity index is 759. The molecule has 4 nitrogen and oxygen atoms in total. The van der Waals surface area contributed by atoms with Gasteiger partial charge in [0.1, 0.15) is 5.75 Å². The van der Waals surface area contributed by atoms with E-state index < -0.39 is 0 Å². The molecule has 0 radical (unpaired) electrons. The van der Waals surface area contributed by atoms with E-state index in [1.165, 1.54) is 0 Å². The molecule has 1 aromatic rings. The topological polar surface area (TPSA) is 57.6 Å². The van der Waals surface area contributed by atoms with Crippen molar-refractivity contribution in [2.24, 2.45) is 0 Å². The summed E-state index contributed by atoms with van der Waals surface area (Å²) in [5, 5.41) is 9.91. The SMILES string of the molecule is CN1C2=C(C(=O)CCC2)C(c2cccc(O)c2)C2=C1CCCC2=O. The van der Waals surface area contributed by atoms with Gasteiger partial charge in [-0.1, -0.05) is 12.1 Å². The van der Waals surface area contributed by atoms with Gasteiger partial charge in [0.15, 0.2) is 11.6 Å². The summed E-state index contributed by atoms with van der Waals surface area (Å²) in [5.41, 5.74) is 4.50. The molecule has 1 aliphatic heterocycles. The van der Waals surface area contributed by atoms with Crippen molar-refractivity contribution in [1.29, 1.82) is 0 Å². The molecule has 2 aliphatic carbocycles. The van der Waals surface area contributed by atoms with Gasteiger partial charge in [0.25, 0.3) is 0 Å². The summed E-state index contributed by atoms with van der Waals surface area (Å²) in [4.78, 5) is 27.6. The number of carbonyl (C=O) groups excluding carboxylic acids is 2. The zero-order chi connectivity index (χ0) is 16.8. The molecule has 1 N–H and O–H groups in total. The summed E-state index contributed by atoms with van der Waals surface area (Å²) in [6.45, 7) is 0. The molecule has 0 spiro atoms. The van der Waals surface area contributed by atoms with Crippen LogP contribution in [0.3, 0.4) is 0 Å². The Morgan fingerprint density at radius 2 is 1.54 bits per heavy atom. The van der Waals surface area contributed by atoms with Gasteiger partial charge in [-0.15, -0.1) is 0 Å². The van der Waals surface area contributed by atoms with Gasteiger partial charge in [0, 0.05) is 48.3 Å². The Balaban J connectivity index is 1.96. The Morgan fingerprint density at radius 1 is 0.958 bits per heavy atom. The summed E-state index contributed by atoms with van der Waals surface area (Å²) >= 11 is 0. The molecule has 0 atom stereocenters. The molecule has 3 aliphatic rings. The molecule has 0 aromatic heterocycles. The first-order valence-corrected chi connectivity index (χ1v) is 8.63. The number of nitrogens with zero attached hydrogens (tertiary/aromatic N) is 1. The van der Waals surface area contributed by atoms with Crippen LogP contribution in [0.2, 0.25) is 0 Å². The van der Waals surface area contributed by atoms with Crippen LogP contribution in [0.15, 0.2) is 46.8 Å². The minimum Gasteiger partial charge on any atom is -0.508 e. The standard InChI is InChI=1S/C20H21NO3/c1-21-14-7-3-9-16(23)19(14)18(12-5-2-6-13(22)11-12)20-15(21)8-4-10-17(20)24/h2,5-6,11,18,22H,3-4,7-10H2,1H3. The largest absolute Gasteiger partial charge is 0.508 e. The third kappa shape index (κ3) is 2.20. The number of hydrogen-bond acceptors (Lipinski definition) is 4. The van der Waals surface area contributed by atoms with E-state index in [1.54, 1.807) is 18.2 Å². The van der Waals surface area contributed by atoms with E-state index in [-0.39, 0.29) is 23.2 Å². The highest BCUT2D eigenvalue weighted by atomic mass is 16.3. The molecule has 0 bridgehead atoms. The van der Waals surface area contributed by atoms with E-state index in [2.05, 4.69) is 4.90 Å². The second-order valence-electron chi connectivity index (χ2n) is 6.86. The smallest absolute Gasteiger partial charge is 0.161 e. The zero-order valence-corrected chi connectivity index (χ0v) is 13.8. The maximum atomic E-state index is 12.7. The lowest BCUT2D eigenvalue weighted by atomic mass is 9.71. The molecule has 24 heavy (non-hydrogen) atoms. The van der Waals surface area contributed by atoms with Crippen molar-refractivity contribution in [3.05, 3.63) is 52.4 Å². The van der Waals surface area contributed by atoms with Gasteiger partial charge in [0.05, 0.1) is 0 Å². The molecule has 1 heterocycles. The van der Waals surface area contributed by atoms with Crippen molar-refractivity contribution >= 4 is 11.6 Å². The lowest BCUT2D eigenvalue weighted by Crippen LogP contribution is -2.37. The van der Waals surface area contributed by atoms with Gasteiger partial charge in [-0.25, -0.2) is 0 Å². The second-order valence-corrected chi connectivity index (χ2v) is 6.86. The number of allylic oxidation sites excluding steroid dienone is 4. The average molecular weight is 323 g/mol. The number of hydrogen-bond donors (Lipinski definition) is 1. The third-order valence-corrected chi connectivity index (χ3v) is 5.45. The van der Waals surface area contributed by atoms with E-state index >= 15 is 0 Å². The maximum Gasteiger partial charge on any atom is 0.161 e. The van der Waals surface area contributed by atoms with Crippen molar-refractivity contribution < 1.29 is 14.7 Å². The Labute approximate surface area is 141 Å². The summed E-state index contributed by atoms with van der Waals surface area (Å²) in [6.07, 6.45) is 4.56. The average Bonchev–Trinajstić information content (AvgIpc) is 2.57. The quantitative estimate of drug-likeness (QED) is 0.860. The van der Waals surface area contributed by atoms with Gasteiger partial charge < -0.3 is 10.0 Å². The van der Waals surface area contributed by atoms with Crippen molar-refractivity contribution in [2.75, 3.05) is 7.05 Å². The first-order valence-electron chi connectivity index (χ1n) is 8.63. The van der Waals surface area contributed by atoms with Crippen molar-refractivity contribution in [2.45, 2.75) is 44.4 Å². The molecule has 1 aromatic carbocycles. The van der Waals surface area contributed by atoms with Crippen LogP contribution in [0.25, 0.3) is 0 Å². The van der Waals surface area contributed by atoms with Gasteiger partial charge in [-0.3, -0.25) is 9.59 Å². The molecule has 4 rings (SSSR count). The number of phenolic OH excluding ortho intramolecular Hbond substituents is 1. The highest BCUT2D eigenvalue weighted by molar-refractivity contribution is 6.06.